The lowest BCUT2D eigenvalue weighted by Crippen LogP contribution is -2.56. The van der Waals surface area contributed by atoms with Crippen LogP contribution in [0, 0.1) is 19.7 Å². The molecule has 4 N–H and O–H groups in total. The zero-order valence-corrected chi connectivity index (χ0v) is 24.1. The van der Waals surface area contributed by atoms with E-state index < -0.39 is 12.3 Å². The van der Waals surface area contributed by atoms with Crippen molar-refractivity contribution >= 4 is 11.8 Å². The van der Waals surface area contributed by atoms with Gasteiger partial charge in [0.25, 0.3) is 11.5 Å². The number of rotatable bonds is 9. The number of H-pyrrole nitrogens is 1. The van der Waals surface area contributed by atoms with Gasteiger partial charge in [0.05, 0.1) is 11.7 Å². The third kappa shape index (κ3) is 7.07. The van der Waals surface area contributed by atoms with E-state index >= 15 is 0 Å². The molecule has 1 aromatic heterocycles. The van der Waals surface area contributed by atoms with Crippen LogP contribution in [-0.4, -0.2) is 56.4 Å². The number of aryl methyl sites for hydroxylation is 2. The van der Waals surface area contributed by atoms with Gasteiger partial charge in [-0.2, -0.15) is 5.10 Å². The molecule has 1 aliphatic heterocycles. The van der Waals surface area contributed by atoms with Crippen LogP contribution in [0.25, 0.3) is 0 Å². The number of carbonyl (C=O) groups is 2. The van der Waals surface area contributed by atoms with Crippen molar-refractivity contribution in [2.24, 2.45) is 0 Å². The summed E-state index contributed by atoms with van der Waals surface area (Å²) in [5, 5.41) is 23.8. The number of likely N-dealkylation sites (tertiary alicyclic amines) is 1. The van der Waals surface area contributed by atoms with E-state index in [0.29, 0.717) is 36.1 Å². The van der Waals surface area contributed by atoms with Crippen LogP contribution in [0.4, 0.5) is 4.39 Å². The maximum Gasteiger partial charge on any atom is 0.267 e. The van der Waals surface area contributed by atoms with Crippen molar-refractivity contribution in [2.45, 2.75) is 84.3 Å². The Kier molecular flexibility index (Phi) is 9.35. The number of halogens is 1. The summed E-state index contributed by atoms with van der Waals surface area (Å²) in [4.78, 5) is 39.1. The number of aliphatic hydroxyl groups is 1. The molecular formula is C31H38FN5O4. The highest BCUT2D eigenvalue weighted by Crippen LogP contribution is 2.39. The molecule has 0 radical (unpaired) electrons. The second kappa shape index (κ2) is 12.7. The molecule has 10 heteroatoms. The summed E-state index contributed by atoms with van der Waals surface area (Å²) in [5.41, 5.74) is 3.99. The molecule has 0 bridgehead atoms. The van der Waals surface area contributed by atoms with Gasteiger partial charge in [0.2, 0.25) is 5.91 Å². The molecule has 3 aromatic rings. The van der Waals surface area contributed by atoms with E-state index in [4.69, 9.17) is 0 Å². The monoisotopic (exact) mass is 563 g/mol. The summed E-state index contributed by atoms with van der Waals surface area (Å²) in [6, 6.07) is 11.9. The minimum Gasteiger partial charge on any atom is -0.376 e. The van der Waals surface area contributed by atoms with Crippen molar-refractivity contribution in [3.8, 4) is 0 Å². The van der Waals surface area contributed by atoms with E-state index in [9.17, 15) is 23.9 Å². The molecule has 4 rings (SSSR count). The van der Waals surface area contributed by atoms with Crippen molar-refractivity contribution in [3.63, 3.8) is 0 Å². The molecule has 218 valence electrons. The average Bonchev–Trinajstić information content (AvgIpc) is 3.36. The minimum atomic E-state index is -1.10. The molecule has 0 saturated carbocycles. The summed E-state index contributed by atoms with van der Waals surface area (Å²) in [6.45, 7) is 8.74. The van der Waals surface area contributed by atoms with Crippen LogP contribution in [0.1, 0.15) is 78.0 Å². The van der Waals surface area contributed by atoms with Gasteiger partial charge in [-0.1, -0.05) is 18.2 Å². The number of benzene rings is 2. The number of aromatic nitrogens is 2. The number of nitrogens with one attached hydrogen (secondary N) is 3. The minimum absolute atomic E-state index is 0.176. The largest absolute Gasteiger partial charge is 0.376 e. The number of hydrogen-bond donors (Lipinski definition) is 4. The van der Waals surface area contributed by atoms with Crippen LogP contribution < -0.4 is 16.2 Å². The van der Waals surface area contributed by atoms with E-state index in [0.717, 1.165) is 16.7 Å². The lowest BCUT2D eigenvalue weighted by atomic mass is 9.98. The van der Waals surface area contributed by atoms with Crippen LogP contribution in [0.5, 0.6) is 0 Å². The maximum atomic E-state index is 14.1. The molecule has 1 unspecified atom stereocenters. The smallest absolute Gasteiger partial charge is 0.267 e. The molecule has 1 saturated heterocycles. The molecule has 5 atom stereocenters. The molecular weight excluding hydrogens is 525 g/mol. The van der Waals surface area contributed by atoms with Gasteiger partial charge in [0, 0.05) is 42.6 Å². The predicted molar refractivity (Wildman–Crippen MR) is 154 cm³/mol. The number of nitrogens with zero attached hydrogens (tertiary/aromatic N) is 2. The van der Waals surface area contributed by atoms with E-state index in [1.54, 1.807) is 38.1 Å². The van der Waals surface area contributed by atoms with Gasteiger partial charge in [-0.3, -0.25) is 19.3 Å². The van der Waals surface area contributed by atoms with Crippen LogP contribution >= 0.6 is 0 Å². The summed E-state index contributed by atoms with van der Waals surface area (Å²) in [5.74, 6) is -0.888. The molecule has 0 spiro atoms. The molecule has 0 aliphatic carbocycles. The summed E-state index contributed by atoms with van der Waals surface area (Å²) >= 11 is 0. The molecule has 1 fully saturated rings. The van der Waals surface area contributed by atoms with Crippen molar-refractivity contribution in [1.82, 2.24) is 25.7 Å². The van der Waals surface area contributed by atoms with Gasteiger partial charge < -0.3 is 15.7 Å². The fraction of sp³-hybridized carbons (Fsp3) is 0.419. The van der Waals surface area contributed by atoms with Crippen molar-refractivity contribution in [2.75, 3.05) is 0 Å². The molecule has 2 amide bonds. The van der Waals surface area contributed by atoms with Gasteiger partial charge >= 0.3 is 0 Å². The average molecular weight is 564 g/mol. The summed E-state index contributed by atoms with van der Waals surface area (Å²) in [7, 11) is 0. The normalized spacial score (nSPS) is 19.4. The first-order valence-electron chi connectivity index (χ1n) is 13.9. The Labute approximate surface area is 239 Å². The predicted octanol–water partition coefficient (Wildman–Crippen LogP) is 3.28. The number of hydrogen-bond acceptors (Lipinski definition) is 6. The highest BCUT2D eigenvalue weighted by Gasteiger charge is 2.43. The van der Waals surface area contributed by atoms with Crippen molar-refractivity contribution in [3.05, 3.63) is 98.2 Å². The van der Waals surface area contributed by atoms with Gasteiger partial charge in [0.1, 0.15) is 12.0 Å². The zero-order valence-electron chi connectivity index (χ0n) is 24.1. The molecule has 2 heterocycles. The Morgan fingerprint density at radius 1 is 1.10 bits per heavy atom. The Balaban J connectivity index is 1.51. The lowest BCUT2D eigenvalue weighted by Gasteiger charge is -2.40. The zero-order chi connectivity index (χ0) is 29.8. The number of aliphatic hydroxyl groups excluding tert-OH is 1. The second-order valence-electron chi connectivity index (χ2n) is 11.0. The third-order valence-electron chi connectivity index (χ3n) is 7.83. The Morgan fingerprint density at radius 2 is 1.85 bits per heavy atom. The van der Waals surface area contributed by atoms with E-state index in [-0.39, 0.29) is 41.3 Å². The SMILES string of the molecule is CC(=O)N[C@@H](C)[C@H]1CC[C@@H](c2cccc(F)c2)N1C(O)[C@@H](C)NC(=O)c1ccc(Cc2cc(C)n[nH]c2=O)c(C)c1. The Hall–Kier alpha value is -3.89. The van der Waals surface area contributed by atoms with E-state index in [2.05, 4.69) is 20.8 Å². The first-order chi connectivity index (χ1) is 19.4. The summed E-state index contributed by atoms with van der Waals surface area (Å²) in [6.07, 6.45) is 0.654. The fourth-order valence-electron chi connectivity index (χ4n) is 5.77. The molecule has 41 heavy (non-hydrogen) atoms. The number of carbonyl (C=O) groups excluding carboxylic acids is 2. The fourth-order valence-corrected chi connectivity index (χ4v) is 5.77. The highest BCUT2D eigenvalue weighted by atomic mass is 19.1. The lowest BCUT2D eigenvalue weighted by molar-refractivity contribution is -0.120. The molecule has 2 aromatic carbocycles. The first-order valence-corrected chi connectivity index (χ1v) is 13.9. The van der Waals surface area contributed by atoms with Crippen LogP contribution in [-0.2, 0) is 11.2 Å². The van der Waals surface area contributed by atoms with Crippen molar-refractivity contribution < 1.29 is 19.1 Å². The van der Waals surface area contributed by atoms with Crippen LogP contribution in [0.3, 0.4) is 0 Å². The second-order valence-corrected chi connectivity index (χ2v) is 11.0. The quantitative estimate of drug-likeness (QED) is 0.317. The third-order valence-corrected chi connectivity index (χ3v) is 7.83. The standard InChI is InChI=1S/C31H38FN5O4/c1-17-13-24(10-9-22(17)15-25-14-18(2)35-36-30(25)40)29(39)34-20(4)31(41)37-27(19(3)33-21(5)38)11-12-28(37)23-7-6-8-26(32)16-23/h6-10,13-14,16,19-20,27-28,31,41H,11-12,15H2,1-5H3,(H,33,38)(H,34,39)(H,36,40)/t19-,20+,27+,28-,31?/m0/s1. The van der Waals surface area contributed by atoms with E-state index in [1.807, 2.05) is 30.9 Å². The number of amides is 2. The van der Waals surface area contributed by atoms with Gasteiger partial charge in [-0.15, -0.1) is 0 Å². The van der Waals surface area contributed by atoms with E-state index in [1.165, 1.54) is 19.1 Å². The molecule has 1 aliphatic rings. The maximum absolute atomic E-state index is 14.1. The van der Waals surface area contributed by atoms with Crippen LogP contribution in [0.2, 0.25) is 0 Å². The first kappa shape index (κ1) is 30.1. The van der Waals surface area contributed by atoms with Gasteiger partial charge in [-0.05, 0) is 87.6 Å². The van der Waals surface area contributed by atoms with Gasteiger partial charge in [-0.25, -0.2) is 9.49 Å². The van der Waals surface area contributed by atoms with Crippen LogP contribution in [0.15, 0.2) is 53.3 Å². The van der Waals surface area contributed by atoms with Crippen molar-refractivity contribution in [1.29, 1.82) is 0 Å². The molecule has 9 nitrogen and oxygen atoms in total. The highest BCUT2D eigenvalue weighted by molar-refractivity contribution is 5.94. The number of aromatic amines is 1. The topological polar surface area (TPSA) is 127 Å². The Morgan fingerprint density at radius 3 is 2.54 bits per heavy atom. The summed E-state index contributed by atoms with van der Waals surface area (Å²) < 4.78 is 14.1. The Bertz CT molecular complexity index is 1470. The van der Waals surface area contributed by atoms with Gasteiger partial charge in [0.15, 0.2) is 0 Å².